The van der Waals surface area contributed by atoms with Crippen LogP contribution in [0.1, 0.15) is 18.0 Å². The highest BCUT2D eigenvalue weighted by atomic mass is 16.5. The summed E-state index contributed by atoms with van der Waals surface area (Å²) in [5.41, 5.74) is 3.36. The first-order chi connectivity index (χ1) is 11.8. The van der Waals surface area contributed by atoms with Gasteiger partial charge in [-0.25, -0.2) is 0 Å². The lowest BCUT2D eigenvalue weighted by Crippen LogP contribution is -2.01. The number of aromatic nitrogens is 4. The Morgan fingerprint density at radius 3 is 2.92 bits per heavy atom. The minimum atomic E-state index is 0.670. The van der Waals surface area contributed by atoms with Crippen molar-refractivity contribution >= 4 is 21.8 Å². The average Bonchev–Trinajstić information content (AvgIpc) is 3.22. The number of rotatable bonds is 5. The van der Waals surface area contributed by atoms with Crippen molar-refractivity contribution in [3.05, 3.63) is 48.4 Å². The topological polar surface area (TPSA) is 66.0 Å². The van der Waals surface area contributed by atoms with Crippen LogP contribution in [0, 0.1) is 6.92 Å². The number of nitrogens with zero attached hydrogens (tertiary/aromatic N) is 4. The quantitative estimate of drug-likeness (QED) is 0.562. The molecular formula is C18H18N4O2. The maximum Gasteiger partial charge on any atom is 0.216 e. The maximum atomic E-state index is 5.40. The van der Waals surface area contributed by atoms with Crippen LogP contribution in [0.25, 0.3) is 21.8 Å². The highest BCUT2D eigenvalue weighted by Crippen LogP contribution is 2.32. The summed E-state index contributed by atoms with van der Waals surface area (Å²) in [5, 5.41) is 10.1. The second-order valence-electron chi connectivity index (χ2n) is 5.76. The van der Waals surface area contributed by atoms with E-state index in [9.17, 15) is 0 Å². The van der Waals surface area contributed by atoms with Gasteiger partial charge in [-0.05, 0) is 31.5 Å². The zero-order valence-electron chi connectivity index (χ0n) is 13.7. The predicted octanol–water partition coefficient (Wildman–Crippen LogP) is 3.52. The van der Waals surface area contributed by atoms with Crippen molar-refractivity contribution in [2.24, 2.45) is 0 Å². The van der Waals surface area contributed by atoms with Gasteiger partial charge in [0.05, 0.1) is 23.8 Å². The van der Waals surface area contributed by atoms with Crippen molar-refractivity contribution in [2.45, 2.75) is 26.3 Å². The lowest BCUT2D eigenvalue weighted by molar-refractivity contribution is 0.415. The third-order valence-electron chi connectivity index (χ3n) is 4.34. The molecule has 0 radical (unpaired) electrons. The van der Waals surface area contributed by atoms with Gasteiger partial charge in [0, 0.05) is 36.0 Å². The van der Waals surface area contributed by atoms with Crippen molar-refractivity contribution in [1.29, 1.82) is 0 Å². The van der Waals surface area contributed by atoms with Crippen LogP contribution in [-0.2, 0) is 13.0 Å². The molecule has 0 fully saturated rings. The van der Waals surface area contributed by atoms with Gasteiger partial charge in [-0.1, -0.05) is 0 Å². The van der Waals surface area contributed by atoms with Gasteiger partial charge in [0.25, 0.3) is 0 Å². The molecule has 4 rings (SSSR count). The highest BCUT2D eigenvalue weighted by Gasteiger charge is 2.14. The molecule has 4 aromatic rings. The van der Waals surface area contributed by atoms with Gasteiger partial charge in [-0.15, -0.1) is 10.2 Å². The molecular weight excluding hydrogens is 304 g/mol. The van der Waals surface area contributed by atoms with Crippen LogP contribution in [0.15, 0.2) is 41.3 Å². The summed E-state index contributed by atoms with van der Waals surface area (Å²) in [7, 11) is 1.69. The van der Waals surface area contributed by atoms with Crippen molar-refractivity contribution in [2.75, 3.05) is 7.11 Å². The molecule has 0 spiro atoms. The Bertz CT molecular complexity index is 989. The zero-order chi connectivity index (χ0) is 16.5. The molecule has 24 heavy (non-hydrogen) atoms. The Morgan fingerprint density at radius 1 is 1.21 bits per heavy atom. The minimum Gasteiger partial charge on any atom is -0.497 e. The Hall–Kier alpha value is -2.89. The van der Waals surface area contributed by atoms with Crippen LogP contribution >= 0.6 is 0 Å². The van der Waals surface area contributed by atoms with Crippen molar-refractivity contribution in [3.8, 4) is 5.75 Å². The van der Waals surface area contributed by atoms with E-state index in [1.165, 1.54) is 22.7 Å². The Kier molecular flexibility index (Phi) is 3.65. The Morgan fingerprint density at radius 2 is 2.12 bits per heavy atom. The summed E-state index contributed by atoms with van der Waals surface area (Å²) in [4.78, 5) is 4.47. The normalized spacial score (nSPS) is 11.4. The molecule has 0 unspecified atom stereocenters. The first kappa shape index (κ1) is 14.7. The summed E-state index contributed by atoms with van der Waals surface area (Å²) < 4.78 is 12.9. The molecule has 0 atom stereocenters. The lowest BCUT2D eigenvalue weighted by atomic mass is 10.1. The average molecular weight is 322 g/mol. The highest BCUT2D eigenvalue weighted by molar-refractivity contribution is 6.09. The second kappa shape index (κ2) is 5.96. The van der Waals surface area contributed by atoms with Crippen LogP contribution < -0.4 is 4.74 Å². The number of methoxy groups -OCH3 is 1. The third kappa shape index (κ3) is 2.40. The monoisotopic (exact) mass is 322 g/mol. The van der Waals surface area contributed by atoms with E-state index in [0.29, 0.717) is 5.89 Å². The second-order valence-corrected chi connectivity index (χ2v) is 5.76. The fraction of sp³-hybridized carbons (Fsp3) is 0.278. The van der Waals surface area contributed by atoms with Crippen LogP contribution in [0.5, 0.6) is 5.75 Å². The van der Waals surface area contributed by atoms with Gasteiger partial charge in [-0.3, -0.25) is 4.98 Å². The first-order valence-electron chi connectivity index (χ1n) is 7.94. The summed E-state index contributed by atoms with van der Waals surface area (Å²) in [6, 6.07) is 8.28. The molecule has 0 amide bonds. The summed E-state index contributed by atoms with van der Waals surface area (Å²) in [6.45, 7) is 2.90. The molecule has 0 saturated heterocycles. The van der Waals surface area contributed by atoms with Gasteiger partial charge in [0.15, 0.2) is 0 Å². The molecule has 6 nitrogen and oxygen atoms in total. The zero-order valence-corrected chi connectivity index (χ0v) is 13.7. The molecule has 6 heteroatoms. The fourth-order valence-corrected chi connectivity index (χ4v) is 3.25. The number of ether oxygens (including phenoxy) is 1. The number of aryl methyl sites for hydroxylation is 3. The van der Waals surface area contributed by atoms with E-state index in [1.54, 1.807) is 7.11 Å². The van der Waals surface area contributed by atoms with Crippen molar-refractivity contribution in [3.63, 3.8) is 0 Å². The molecule has 0 aliphatic carbocycles. The molecule has 1 aromatic carbocycles. The van der Waals surface area contributed by atoms with Gasteiger partial charge >= 0.3 is 0 Å². The van der Waals surface area contributed by atoms with Crippen LogP contribution in [0.2, 0.25) is 0 Å². The SMILES string of the molecule is COc1ccc2c3ccnc(C)c3n(CCCc3nnco3)c2c1. The van der Waals surface area contributed by atoms with Crippen molar-refractivity contribution < 1.29 is 9.15 Å². The molecule has 0 bridgehead atoms. The number of hydrogen-bond donors (Lipinski definition) is 0. The molecule has 3 heterocycles. The van der Waals surface area contributed by atoms with E-state index in [1.807, 2.05) is 19.2 Å². The van der Waals surface area contributed by atoms with E-state index in [-0.39, 0.29) is 0 Å². The third-order valence-corrected chi connectivity index (χ3v) is 4.34. The molecule has 0 aliphatic heterocycles. The van der Waals surface area contributed by atoms with Gasteiger partial charge in [0.2, 0.25) is 12.3 Å². The van der Waals surface area contributed by atoms with Crippen molar-refractivity contribution in [1.82, 2.24) is 19.7 Å². The number of fused-ring (bicyclic) bond motifs is 3. The van der Waals surface area contributed by atoms with E-state index in [4.69, 9.17) is 9.15 Å². The number of pyridine rings is 1. The van der Waals surface area contributed by atoms with E-state index in [2.05, 4.69) is 37.9 Å². The summed E-state index contributed by atoms with van der Waals surface area (Å²) >= 11 is 0. The fourth-order valence-electron chi connectivity index (χ4n) is 3.25. The van der Waals surface area contributed by atoms with E-state index < -0.39 is 0 Å². The van der Waals surface area contributed by atoms with Crippen LogP contribution in [-0.4, -0.2) is 26.9 Å². The lowest BCUT2D eigenvalue weighted by Gasteiger charge is -2.08. The van der Waals surface area contributed by atoms with Gasteiger partial charge < -0.3 is 13.7 Å². The predicted molar refractivity (Wildman–Crippen MR) is 91.1 cm³/mol. The standard InChI is InChI=1S/C18H18N4O2/c1-12-18-15(7-8-19-12)14-6-5-13(23-2)10-16(14)22(18)9-3-4-17-21-20-11-24-17/h5-8,10-11H,3-4,9H2,1-2H3. The maximum absolute atomic E-state index is 5.40. The Balaban J connectivity index is 1.80. The Labute approximate surface area is 139 Å². The molecule has 3 aromatic heterocycles. The van der Waals surface area contributed by atoms with Crippen LogP contribution in [0.3, 0.4) is 0 Å². The number of hydrogen-bond acceptors (Lipinski definition) is 5. The molecule has 0 saturated carbocycles. The van der Waals surface area contributed by atoms with Crippen LogP contribution in [0.4, 0.5) is 0 Å². The molecule has 122 valence electrons. The van der Waals surface area contributed by atoms with Gasteiger partial charge in [-0.2, -0.15) is 0 Å². The molecule has 0 aliphatic rings. The smallest absolute Gasteiger partial charge is 0.216 e. The minimum absolute atomic E-state index is 0.670. The summed E-state index contributed by atoms with van der Waals surface area (Å²) in [5.74, 6) is 1.53. The van der Waals surface area contributed by atoms with E-state index >= 15 is 0 Å². The number of benzene rings is 1. The first-order valence-corrected chi connectivity index (χ1v) is 7.94. The summed E-state index contributed by atoms with van der Waals surface area (Å²) in [6.07, 6.45) is 4.90. The van der Waals surface area contributed by atoms with E-state index in [0.717, 1.165) is 36.3 Å². The molecule has 0 N–H and O–H groups in total. The largest absolute Gasteiger partial charge is 0.497 e. The van der Waals surface area contributed by atoms with Gasteiger partial charge in [0.1, 0.15) is 5.75 Å².